The Morgan fingerprint density at radius 2 is 2.13 bits per heavy atom. The molecule has 0 spiro atoms. The number of esters is 1. The molecule has 0 fully saturated rings. The average Bonchev–Trinajstić information content (AvgIpc) is 2.64. The number of hydrogen-bond acceptors (Lipinski definition) is 5. The maximum atomic E-state index is 11.0. The predicted octanol–water partition coefficient (Wildman–Crippen LogP) is 0.558. The summed E-state index contributed by atoms with van der Waals surface area (Å²) in [5, 5.41) is 12.5. The minimum absolute atomic E-state index is 0.0581. The number of methoxy groups -OCH3 is 1. The maximum Gasteiger partial charge on any atom is 0.396 e. The maximum absolute atomic E-state index is 11.0. The molecule has 1 amide bonds. The Morgan fingerprint density at radius 3 is 2.67 bits per heavy atom. The van der Waals surface area contributed by atoms with Crippen LogP contribution in [0.5, 0.6) is 0 Å². The van der Waals surface area contributed by atoms with Gasteiger partial charge in [0.1, 0.15) is 5.00 Å². The largest absolute Gasteiger partial charge is 0.478 e. The molecule has 1 aromatic heterocycles. The van der Waals surface area contributed by atoms with Gasteiger partial charge in [-0.1, -0.05) is 0 Å². The van der Waals surface area contributed by atoms with Crippen molar-refractivity contribution in [1.82, 2.24) is 0 Å². The number of ether oxygens (including phenoxy) is 1. The molecule has 0 bridgehead atoms. The van der Waals surface area contributed by atoms with Gasteiger partial charge in [0, 0.05) is 0 Å². The van der Waals surface area contributed by atoms with Crippen molar-refractivity contribution in [2.45, 2.75) is 0 Å². The minimum atomic E-state index is -1.17. The Hall–Kier alpha value is -1.89. The van der Waals surface area contributed by atoms with Crippen molar-refractivity contribution in [3.05, 3.63) is 17.0 Å². The van der Waals surface area contributed by atoms with Gasteiger partial charge in [-0.15, -0.1) is 11.3 Å². The number of amides is 1. The van der Waals surface area contributed by atoms with Crippen LogP contribution in [-0.4, -0.2) is 30.1 Å². The summed E-state index contributed by atoms with van der Waals surface area (Å²) < 4.78 is 4.17. The van der Waals surface area contributed by atoms with E-state index in [2.05, 4.69) is 10.1 Å². The van der Waals surface area contributed by atoms with Crippen LogP contribution in [0.3, 0.4) is 0 Å². The fraction of sp³-hybridized carbons (Fsp3) is 0.125. The summed E-state index contributed by atoms with van der Waals surface area (Å²) in [7, 11) is 1.06. The summed E-state index contributed by atoms with van der Waals surface area (Å²) in [4.78, 5) is 32.4. The molecule has 0 aliphatic heterocycles. The highest BCUT2D eigenvalue weighted by molar-refractivity contribution is 7.14. The molecule has 0 atom stereocenters. The van der Waals surface area contributed by atoms with Gasteiger partial charge in [0.05, 0.1) is 12.7 Å². The summed E-state index contributed by atoms with van der Waals surface area (Å²) in [6, 6.07) is 1.33. The van der Waals surface area contributed by atoms with Gasteiger partial charge in [-0.25, -0.2) is 9.59 Å². The lowest BCUT2D eigenvalue weighted by Crippen LogP contribution is -2.24. The lowest BCUT2D eigenvalue weighted by Gasteiger charge is -2.01. The molecule has 1 aromatic rings. The van der Waals surface area contributed by atoms with Crippen molar-refractivity contribution < 1.29 is 24.2 Å². The molecule has 0 saturated carbocycles. The van der Waals surface area contributed by atoms with Gasteiger partial charge < -0.3 is 15.2 Å². The van der Waals surface area contributed by atoms with Crippen molar-refractivity contribution in [1.29, 1.82) is 0 Å². The zero-order valence-corrected chi connectivity index (χ0v) is 8.46. The molecular formula is C8H7NO5S. The van der Waals surface area contributed by atoms with Gasteiger partial charge in [0.15, 0.2) is 0 Å². The van der Waals surface area contributed by atoms with Crippen LogP contribution in [0.2, 0.25) is 0 Å². The number of carbonyl (C=O) groups is 3. The number of carboxylic acids is 1. The Balaban J connectivity index is 2.81. The van der Waals surface area contributed by atoms with Crippen LogP contribution in [0.4, 0.5) is 5.00 Å². The van der Waals surface area contributed by atoms with E-state index in [9.17, 15) is 14.4 Å². The second kappa shape index (κ2) is 4.56. The number of rotatable bonds is 2. The second-order valence-electron chi connectivity index (χ2n) is 2.41. The van der Waals surface area contributed by atoms with Crippen LogP contribution >= 0.6 is 11.3 Å². The molecule has 1 heterocycles. The highest BCUT2D eigenvalue weighted by Crippen LogP contribution is 2.22. The second-order valence-corrected chi connectivity index (χ2v) is 3.33. The van der Waals surface area contributed by atoms with E-state index in [4.69, 9.17) is 5.11 Å². The molecule has 15 heavy (non-hydrogen) atoms. The molecule has 0 radical (unpaired) electrons. The third-order valence-electron chi connectivity index (χ3n) is 1.49. The molecule has 0 aliphatic carbocycles. The lowest BCUT2D eigenvalue weighted by atomic mass is 10.3. The minimum Gasteiger partial charge on any atom is -0.478 e. The van der Waals surface area contributed by atoms with Crippen LogP contribution in [-0.2, 0) is 14.3 Å². The SMILES string of the molecule is COC(=O)C(=O)Nc1sccc1C(=O)O. The van der Waals surface area contributed by atoms with Gasteiger partial charge in [-0.05, 0) is 11.4 Å². The Labute approximate surface area is 88.5 Å². The first kappa shape index (κ1) is 11.2. The number of hydrogen-bond donors (Lipinski definition) is 2. The zero-order chi connectivity index (χ0) is 11.4. The predicted molar refractivity (Wildman–Crippen MR) is 51.9 cm³/mol. The van der Waals surface area contributed by atoms with Gasteiger partial charge in [-0.2, -0.15) is 0 Å². The highest BCUT2D eigenvalue weighted by atomic mass is 32.1. The fourth-order valence-electron chi connectivity index (χ4n) is 0.821. The summed E-state index contributed by atoms with van der Waals surface area (Å²) >= 11 is 1.01. The molecule has 0 aromatic carbocycles. The number of thiophene rings is 1. The summed E-state index contributed by atoms with van der Waals surface area (Å²) in [5.41, 5.74) is -0.0581. The van der Waals surface area contributed by atoms with Crippen LogP contribution in [0.1, 0.15) is 10.4 Å². The molecule has 0 unspecified atom stereocenters. The Bertz CT molecular complexity index is 411. The lowest BCUT2D eigenvalue weighted by molar-refractivity contribution is -0.150. The van der Waals surface area contributed by atoms with E-state index in [1.165, 1.54) is 11.4 Å². The Morgan fingerprint density at radius 1 is 1.47 bits per heavy atom. The zero-order valence-electron chi connectivity index (χ0n) is 7.64. The summed E-state index contributed by atoms with van der Waals surface area (Å²) in [6.45, 7) is 0. The number of carbonyl (C=O) groups excluding carboxylic acids is 2. The van der Waals surface area contributed by atoms with Crippen molar-refractivity contribution in [3.63, 3.8) is 0 Å². The first-order valence-electron chi connectivity index (χ1n) is 3.76. The van der Waals surface area contributed by atoms with E-state index >= 15 is 0 Å². The van der Waals surface area contributed by atoms with Gasteiger partial charge in [0.2, 0.25) is 0 Å². The van der Waals surface area contributed by atoms with Crippen LogP contribution in [0, 0.1) is 0 Å². The molecule has 0 aliphatic rings. The third-order valence-corrected chi connectivity index (χ3v) is 2.32. The van der Waals surface area contributed by atoms with Gasteiger partial charge in [0.25, 0.3) is 0 Å². The fourth-order valence-corrected chi connectivity index (χ4v) is 1.60. The molecule has 1 rings (SSSR count). The van der Waals surface area contributed by atoms with Crippen molar-refractivity contribution in [3.8, 4) is 0 Å². The van der Waals surface area contributed by atoms with Crippen LogP contribution in [0.15, 0.2) is 11.4 Å². The van der Waals surface area contributed by atoms with E-state index < -0.39 is 17.8 Å². The molecule has 6 nitrogen and oxygen atoms in total. The number of nitrogens with one attached hydrogen (secondary N) is 1. The Kier molecular flexibility index (Phi) is 3.40. The van der Waals surface area contributed by atoms with Crippen molar-refractivity contribution in [2.75, 3.05) is 12.4 Å². The van der Waals surface area contributed by atoms with Crippen LogP contribution < -0.4 is 5.32 Å². The molecule has 2 N–H and O–H groups in total. The third kappa shape index (κ3) is 2.53. The first-order chi connectivity index (χ1) is 7.06. The number of aromatic carboxylic acids is 1. The van der Waals surface area contributed by atoms with E-state index in [0.717, 1.165) is 18.4 Å². The number of carboxylic acid groups (broad SMARTS) is 1. The molecule has 7 heteroatoms. The molecular weight excluding hydrogens is 222 g/mol. The molecule has 80 valence electrons. The quantitative estimate of drug-likeness (QED) is 0.571. The monoisotopic (exact) mass is 229 g/mol. The van der Waals surface area contributed by atoms with Crippen LogP contribution in [0.25, 0.3) is 0 Å². The number of anilines is 1. The van der Waals surface area contributed by atoms with E-state index in [1.54, 1.807) is 0 Å². The smallest absolute Gasteiger partial charge is 0.396 e. The molecule has 0 saturated heterocycles. The normalized spacial score (nSPS) is 9.40. The standard InChI is InChI=1S/C8H7NO5S/c1-14-8(13)5(10)9-6-4(7(11)12)2-3-15-6/h2-3H,1H3,(H,9,10)(H,11,12). The summed E-state index contributed by atoms with van der Waals surface area (Å²) in [5.74, 6) is -3.24. The van der Waals surface area contributed by atoms with Crippen molar-refractivity contribution in [2.24, 2.45) is 0 Å². The van der Waals surface area contributed by atoms with Gasteiger partial charge >= 0.3 is 17.8 Å². The van der Waals surface area contributed by atoms with Crippen molar-refractivity contribution >= 4 is 34.2 Å². The van der Waals surface area contributed by atoms with E-state index in [0.29, 0.717) is 0 Å². The van der Waals surface area contributed by atoms with E-state index in [1.807, 2.05) is 0 Å². The first-order valence-corrected chi connectivity index (χ1v) is 4.64. The summed E-state index contributed by atoms with van der Waals surface area (Å²) in [6.07, 6.45) is 0. The highest BCUT2D eigenvalue weighted by Gasteiger charge is 2.18. The average molecular weight is 229 g/mol. The topological polar surface area (TPSA) is 92.7 Å². The van der Waals surface area contributed by atoms with Gasteiger partial charge in [-0.3, -0.25) is 4.79 Å². The van der Waals surface area contributed by atoms with E-state index in [-0.39, 0.29) is 10.6 Å².